The van der Waals surface area contributed by atoms with Crippen molar-refractivity contribution in [3.63, 3.8) is 0 Å². The molecule has 1 fully saturated rings. The van der Waals surface area contributed by atoms with Crippen molar-refractivity contribution in [1.29, 1.82) is 0 Å². The number of ether oxygens (including phenoxy) is 2. The van der Waals surface area contributed by atoms with Crippen molar-refractivity contribution in [3.05, 3.63) is 57.4 Å². The minimum Gasteiger partial charge on any atom is -0.454 e. The standard InChI is InChI=1S/C19H13BrN2O4S2/c20-12-3-1-2-11(6-12)7-16-18(24)22(19(27)28-16)9-17(23)21-13-4-5-14-15(8-13)26-10-25-14/h1-8H,9-10H2,(H,21,23). The largest absolute Gasteiger partial charge is 0.454 e. The highest BCUT2D eigenvalue weighted by atomic mass is 79.9. The van der Waals surface area contributed by atoms with Crippen LogP contribution in [0.5, 0.6) is 11.5 Å². The van der Waals surface area contributed by atoms with E-state index in [2.05, 4.69) is 21.2 Å². The highest BCUT2D eigenvalue weighted by molar-refractivity contribution is 9.10. The molecule has 142 valence electrons. The van der Waals surface area contributed by atoms with Gasteiger partial charge in [0.2, 0.25) is 12.7 Å². The Kier molecular flexibility index (Phi) is 5.38. The summed E-state index contributed by atoms with van der Waals surface area (Å²) in [5.74, 6) is 0.572. The van der Waals surface area contributed by atoms with E-state index in [1.807, 2.05) is 24.3 Å². The van der Waals surface area contributed by atoms with E-state index in [1.54, 1.807) is 24.3 Å². The van der Waals surface area contributed by atoms with Crippen molar-refractivity contribution in [2.24, 2.45) is 0 Å². The summed E-state index contributed by atoms with van der Waals surface area (Å²) in [7, 11) is 0. The fourth-order valence-corrected chi connectivity index (χ4v) is 4.37. The number of thiocarbonyl (C=S) groups is 1. The van der Waals surface area contributed by atoms with Gasteiger partial charge in [0.15, 0.2) is 11.5 Å². The number of hydrogen-bond acceptors (Lipinski definition) is 6. The Morgan fingerprint density at radius 1 is 1.25 bits per heavy atom. The molecular formula is C19H13BrN2O4S2. The highest BCUT2D eigenvalue weighted by Crippen LogP contribution is 2.35. The van der Waals surface area contributed by atoms with Gasteiger partial charge < -0.3 is 14.8 Å². The molecule has 9 heteroatoms. The number of thioether (sulfide) groups is 1. The first kappa shape index (κ1) is 19.0. The molecule has 1 N–H and O–H groups in total. The van der Waals surface area contributed by atoms with Crippen molar-refractivity contribution in [2.45, 2.75) is 0 Å². The monoisotopic (exact) mass is 476 g/mol. The first-order valence-corrected chi connectivity index (χ1v) is 10.2. The lowest BCUT2D eigenvalue weighted by Gasteiger charge is -2.14. The SMILES string of the molecule is O=C(CN1C(=O)C(=Cc2cccc(Br)c2)SC1=S)Nc1ccc2c(c1)OCO2. The lowest BCUT2D eigenvalue weighted by Crippen LogP contribution is -2.36. The van der Waals surface area contributed by atoms with Crippen LogP contribution in [0.2, 0.25) is 0 Å². The molecule has 28 heavy (non-hydrogen) atoms. The molecule has 1 saturated heterocycles. The molecule has 2 aliphatic heterocycles. The molecule has 0 radical (unpaired) electrons. The van der Waals surface area contributed by atoms with Crippen LogP contribution in [0.4, 0.5) is 5.69 Å². The molecular weight excluding hydrogens is 464 g/mol. The van der Waals surface area contributed by atoms with Crippen molar-refractivity contribution in [1.82, 2.24) is 4.90 Å². The third-order valence-corrected chi connectivity index (χ3v) is 5.85. The smallest absolute Gasteiger partial charge is 0.266 e. The van der Waals surface area contributed by atoms with E-state index in [-0.39, 0.29) is 25.2 Å². The van der Waals surface area contributed by atoms with Crippen LogP contribution in [0.25, 0.3) is 6.08 Å². The van der Waals surface area contributed by atoms with E-state index in [1.165, 1.54) is 16.7 Å². The molecule has 2 aromatic carbocycles. The van der Waals surface area contributed by atoms with Gasteiger partial charge in [-0.15, -0.1) is 0 Å². The number of anilines is 1. The summed E-state index contributed by atoms with van der Waals surface area (Å²) in [4.78, 5) is 26.8. The fraction of sp³-hybridized carbons (Fsp3) is 0.105. The van der Waals surface area contributed by atoms with E-state index in [0.717, 1.165) is 10.0 Å². The van der Waals surface area contributed by atoms with E-state index in [4.69, 9.17) is 21.7 Å². The topological polar surface area (TPSA) is 67.9 Å². The van der Waals surface area contributed by atoms with Crippen LogP contribution in [0.1, 0.15) is 5.56 Å². The Balaban J connectivity index is 1.43. The first-order chi connectivity index (χ1) is 13.5. The van der Waals surface area contributed by atoms with Gasteiger partial charge in [0, 0.05) is 16.2 Å². The number of hydrogen-bond donors (Lipinski definition) is 1. The van der Waals surface area contributed by atoms with Gasteiger partial charge in [-0.2, -0.15) is 0 Å². The highest BCUT2D eigenvalue weighted by Gasteiger charge is 2.33. The molecule has 0 bridgehead atoms. The number of fused-ring (bicyclic) bond motifs is 1. The third-order valence-electron chi connectivity index (χ3n) is 3.98. The van der Waals surface area contributed by atoms with Crippen LogP contribution >= 0.6 is 39.9 Å². The molecule has 4 rings (SSSR count). The van der Waals surface area contributed by atoms with Crippen LogP contribution in [-0.4, -0.2) is 34.4 Å². The summed E-state index contributed by atoms with van der Waals surface area (Å²) >= 11 is 9.88. The average Bonchev–Trinajstić information content (AvgIpc) is 3.21. The molecule has 0 aliphatic carbocycles. The normalized spacial score (nSPS) is 16.8. The van der Waals surface area contributed by atoms with Crippen LogP contribution in [0.3, 0.4) is 0 Å². The van der Waals surface area contributed by atoms with Crippen molar-refractivity contribution >= 4 is 67.8 Å². The Morgan fingerprint density at radius 3 is 2.89 bits per heavy atom. The van der Waals surface area contributed by atoms with Gasteiger partial charge >= 0.3 is 0 Å². The van der Waals surface area contributed by atoms with Gasteiger partial charge in [-0.05, 0) is 35.9 Å². The Labute approximate surface area is 179 Å². The average molecular weight is 477 g/mol. The van der Waals surface area contributed by atoms with E-state index in [9.17, 15) is 9.59 Å². The maximum absolute atomic E-state index is 12.7. The Morgan fingerprint density at radius 2 is 2.07 bits per heavy atom. The number of benzene rings is 2. The predicted molar refractivity (Wildman–Crippen MR) is 115 cm³/mol. The van der Waals surface area contributed by atoms with Crippen molar-refractivity contribution in [3.8, 4) is 11.5 Å². The number of halogens is 1. The lowest BCUT2D eigenvalue weighted by molar-refractivity contribution is -0.126. The van der Waals surface area contributed by atoms with Gasteiger partial charge in [0.1, 0.15) is 10.9 Å². The maximum atomic E-state index is 12.7. The van der Waals surface area contributed by atoms with Gasteiger partial charge in [-0.25, -0.2) is 0 Å². The number of amides is 2. The van der Waals surface area contributed by atoms with Crippen LogP contribution < -0.4 is 14.8 Å². The molecule has 6 nitrogen and oxygen atoms in total. The third kappa shape index (κ3) is 4.06. The predicted octanol–water partition coefficient (Wildman–Crippen LogP) is 4.02. The zero-order valence-electron chi connectivity index (χ0n) is 14.3. The summed E-state index contributed by atoms with van der Waals surface area (Å²) in [5, 5.41) is 2.75. The maximum Gasteiger partial charge on any atom is 0.266 e. The van der Waals surface area contributed by atoms with Crippen molar-refractivity contribution < 1.29 is 19.1 Å². The van der Waals surface area contributed by atoms with Crippen LogP contribution in [0, 0.1) is 0 Å². The molecule has 2 aromatic rings. The molecule has 0 saturated carbocycles. The summed E-state index contributed by atoms with van der Waals surface area (Å²) in [6.45, 7) is 0.00252. The van der Waals surface area contributed by atoms with Gasteiger partial charge in [0.25, 0.3) is 5.91 Å². The zero-order valence-corrected chi connectivity index (χ0v) is 17.5. The number of nitrogens with zero attached hydrogens (tertiary/aromatic N) is 1. The molecule has 2 amide bonds. The minimum atomic E-state index is -0.348. The Bertz CT molecular complexity index is 1020. The number of rotatable bonds is 4. The van der Waals surface area contributed by atoms with Crippen molar-refractivity contribution in [2.75, 3.05) is 18.7 Å². The van der Waals surface area contributed by atoms with Gasteiger partial charge in [-0.3, -0.25) is 14.5 Å². The first-order valence-electron chi connectivity index (χ1n) is 8.20. The second-order valence-corrected chi connectivity index (χ2v) is 8.53. The molecule has 0 spiro atoms. The summed E-state index contributed by atoms with van der Waals surface area (Å²) in [6, 6.07) is 12.7. The zero-order chi connectivity index (χ0) is 19.7. The molecule has 0 atom stereocenters. The summed E-state index contributed by atoms with van der Waals surface area (Å²) in [5.41, 5.74) is 1.43. The van der Waals surface area contributed by atoms with Gasteiger partial charge in [0.05, 0.1) is 4.91 Å². The second kappa shape index (κ2) is 7.94. The lowest BCUT2D eigenvalue weighted by atomic mass is 10.2. The Hall–Kier alpha value is -2.36. The van der Waals surface area contributed by atoms with E-state index >= 15 is 0 Å². The molecule has 2 heterocycles. The molecule has 2 aliphatic rings. The quantitative estimate of drug-likeness (QED) is 0.530. The van der Waals surface area contributed by atoms with Gasteiger partial charge in [-0.1, -0.05) is 52.0 Å². The second-order valence-electron chi connectivity index (χ2n) is 5.94. The summed E-state index contributed by atoms with van der Waals surface area (Å²) < 4.78 is 11.8. The van der Waals surface area contributed by atoms with E-state index < -0.39 is 0 Å². The minimum absolute atomic E-state index is 0.158. The number of carbonyl (C=O) groups is 2. The number of carbonyl (C=O) groups excluding carboxylic acids is 2. The van der Waals surface area contributed by atoms with Crippen LogP contribution in [0.15, 0.2) is 51.8 Å². The summed E-state index contributed by atoms with van der Waals surface area (Å²) in [6.07, 6.45) is 1.76. The van der Waals surface area contributed by atoms with Crippen LogP contribution in [-0.2, 0) is 9.59 Å². The fourth-order valence-electron chi connectivity index (χ4n) is 2.70. The van der Waals surface area contributed by atoms with E-state index in [0.29, 0.717) is 26.4 Å². The molecule has 0 aromatic heterocycles. The number of nitrogens with one attached hydrogen (secondary N) is 1. The molecule has 0 unspecified atom stereocenters.